The number of nitrogens with one attached hydrogen (secondary N) is 1. The zero-order chi connectivity index (χ0) is 23.6. The monoisotopic (exact) mass is 463 g/mol. The van der Waals surface area contributed by atoms with Crippen molar-refractivity contribution in [2.45, 2.75) is 24.9 Å². The van der Waals surface area contributed by atoms with Gasteiger partial charge in [0.05, 0.1) is 27.7 Å². The molecule has 9 heteroatoms. The number of benzene rings is 2. The third-order valence-corrected chi connectivity index (χ3v) is 7.21. The molecule has 0 atom stereocenters. The molecule has 1 N–H and O–H groups in total. The zero-order valence-electron chi connectivity index (χ0n) is 18.7. The van der Waals surface area contributed by atoms with Crippen LogP contribution in [0.3, 0.4) is 0 Å². The van der Waals surface area contributed by atoms with Crippen LogP contribution in [0.1, 0.15) is 22.8 Å². The van der Waals surface area contributed by atoms with E-state index in [0.717, 1.165) is 11.1 Å². The van der Waals surface area contributed by atoms with E-state index in [4.69, 9.17) is 4.98 Å². The molecule has 33 heavy (non-hydrogen) atoms. The molecule has 1 amide bonds. The van der Waals surface area contributed by atoms with Crippen LogP contribution in [0.15, 0.2) is 71.8 Å². The van der Waals surface area contributed by atoms with Crippen molar-refractivity contribution in [2.75, 3.05) is 14.1 Å². The number of aromatic nitrogens is 3. The summed E-state index contributed by atoms with van der Waals surface area (Å²) >= 11 is 0. The Morgan fingerprint density at radius 3 is 2.39 bits per heavy atom. The summed E-state index contributed by atoms with van der Waals surface area (Å²) in [5.41, 5.74) is 3.54. The van der Waals surface area contributed by atoms with Gasteiger partial charge in [-0.1, -0.05) is 42.5 Å². The maximum absolute atomic E-state index is 13.2. The fourth-order valence-corrected chi connectivity index (χ4v) is 4.39. The number of fused-ring (bicyclic) bond motifs is 1. The standard InChI is InChI=1S/C24H25N5O3S/c1-4-29-23-21(16-26-29)20(14-22(27-23)18-8-6-5-7-9-18)24(30)25-15-17-10-12-19(13-11-17)33(31,32)28(2)3/h5-14,16H,4,15H2,1-3H3,(H,25,30). The molecule has 0 radical (unpaired) electrons. The summed E-state index contributed by atoms with van der Waals surface area (Å²) in [6, 6.07) is 17.9. The second kappa shape index (κ2) is 9.13. The molecule has 0 bridgehead atoms. The highest BCUT2D eigenvalue weighted by Gasteiger charge is 2.18. The van der Waals surface area contributed by atoms with Gasteiger partial charge in [-0.2, -0.15) is 5.10 Å². The molecule has 0 spiro atoms. The maximum atomic E-state index is 13.2. The summed E-state index contributed by atoms with van der Waals surface area (Å²) in [6.07, 6.45) is 1.66. The Morgan fingerprint density at radius 1 is 1.06 bits per heavy atom. The number of pyridine rings is 1. The highest BCUT2D eigenvalue weighted by Crippen LogP contribution is 2.25. The second-order valence-electron chi connectivity index (χ2n) is 7.73. The molecule has 2 aromatic carbocycles. The number of carbonyl (C=O) groups is 1. The number of amides is 1. The van der Waals surface area contributed by atoms with E-state index in [1.165, 1.54) is 18.4 Å². The Bertz CT molecular complexity index is 1400. The molecule has 2 aromatic heterocycles. The fourth-order valence-electron chi connectivity index (χ4n) is 3.49. The third-order valence-electron chi connectivity index (χ3n) is 5.38. The number of hydrogen-bond donors (Lipinski definition) is 1. The number of aryl methyl sites for hydroxylation is 1. The van der Waals surface area contributed by atoms with Crippen molar-refractivity contribution in [3.8, 4) is 11.3 Å². The molecule has 8 nitrogen and oxygen atoms in total. The lowest BCUT2D eigenvalue weighted by Gasteiger charge is -2.12. The van der Waals surface area contributed by atoms with E-state index in [0.29, 0.717) is 28.8 Å². The minimum absolute atomic E-state index is 0.206. The van der Waals surface area contributed by atoms with E-state index < -0.39 is 10.0 Å². The van der Waals surface area contributed by atoms with Crippen molar-refractivity contribution in [3.05, 3.63) is 78.0 Å². The van der Waals surface area contributed by atoms with Gasteiger partial charge >= 0.3 is 0 Å². The molecule has 0 aliphatic rings. The Hall–Kier alpha value is -3.56. The van der Waals surface area contributed by atoms with E-state index >= 15 is 0 Å². The van der Waals surface area contributed by atoms with Gasteiger partial charge in [0.15, 0.2) is 5.65 Å². The highest BCUT2D eigenvalue weighted by atomic mass is 32.2. The SMILES string of the molecule is CCn1ncc2c(C(=O)NCc3ccc(S(=O)(=O)N(C)C)cc3)cc(-c3ccccc3)nc21. The number of carbonyl (C=O) groups excluding carboxylic acids is 1. The van der Waals surface area contributed by atoms with Crippen molar-refractivity contribution in [1.82, 2.24) is 24.4 Å². The van der Waals surface area contributed by atoms with Gasteiger partial charge in [0.1, 0.15) is 0 Å². The lowest BCUT2D eigenvalue weighted by molar-refractivity contribution is 0.0952. The summed E-state index contributed by atoms with van der Waals surface area (Å²) in [4.78, 5) is 18.1. The van der Waals surface area contributed by atoms with Gasteiger partial charge < -0.3 is 5.32 Å². The Labute approximate surface area is 192 Å². The molecule has 0 saturated carbocycles. The first-order chi connectivity index (χ1) is 15.8. The van der Waals surface area contributed by atoms with E-state index in [1.807, 2.05) is 37.3 Å². The number of sulfonamides is 1. The quantitative estimate of drug-likeness (QED) is 0.454. The normalized spacial score (nSPS) is 11.8. The van der Waals surface area contributed by atoms with E-state index in [1.54, 1.807) is 41.2 Å². The Kier molecular flexibility index (Phi) is 6.26. The van der Waals surface area contributed by atoms with Crippen LogP contribution < -0.4 is 5.32 Å². The van der Waals surface area contributed by atoms with E-state index in [2.05, 4.69) is 10.4 Å². The summed E-state index contributed by atoms with van der Waals surface area (Å²) < 4.78 is 27.4. The van der Waals surface area contributed by atoms with E-state index in [9.17, 15) is 13.2 Å². The first-order valence-corrected chi connectivity index (χ1v) is 12.0. The fraction of sp³-hybridized carbons (Fsp3) is 0.208. The highest BCUT2D eigenvalue weighted by molar-refractivity contribution is 7.89. The van der Waals surface area contributed by atoms with Gasteiger partial charge in [-0.15, -0.1) is 0 Å². The predicted molar refractivity (Wildman–Crippen MR) is 127 cm³/mol. The second-order valence-corrected chi connectivity index (χ2v) is 9.88. The molecule has 170 valence electrons. The van der Waals surface area contributed by atoms with Crippen LogP contribution in [0.25, 0.3) is 22.3 Å². The van der Waals surface area contributed by atoms with Crippen molar-refractivity contribution >= 4 is 27.0 Å². The van der Waals surface area contributed by atoms with Crippen molar-refractivity contribution < 1.29 is 13.2 Å². The van der Waals surface area contributed by atoms with Crippen LogP contribution in [0.4, 0.5) is 0 Å². The molecule has 0 aliphatic carbocycles. The van der Waals surface area contributed by atoms with Gasteiger partial charge in [0.2, 0.25) is 10.0 Å². The molecule has 4 aromatic rings. The summed E-state index contributed by atoms with van der Waals surface area (Å²) in [5, 5.41) is 7.98. The maximum Gasteiger partial charge on any atom is 0.252 e. The number of rotatable bonds is 7. The molecule has 4 rings (SSSR count). The average Bonchev–Trinajstić information content (AvgIpc) is 3.25. The Morgan fingerprint density at radius 2 is 1.76 bits per heavy atom. The number of hydrogen-bond acceptors (Lipinski definition) is 5. The molecule has 2 heterocycles. The van der Waals surface area contributed by atoms with Crippen molar-refractivity contribution in [2.24, 2.45) is 0 Å². The van der Waals surface area contributed by atoms with Crippen molar-refractivity contribution in [3.63, 3.8) is 0 Å². The first kappa shape index (κ1) is 22.6. The zero-order valence-corrected chi connectivity index (χ0v) is 19.5. The van der Waals surface area contributed by atoms with Crippen LogP contribution in [0.2, 0.25) is 0 Å². The van der Waals surface area contributed by atoms with Crippen LogP contribution in [0, 0.1) is 0 Å². The van der Waals surface area contributed by atoms with Gasteiger partial charge in [0, 0.05) is 32.7 Å². The lowest BCUT2D eigenvalue weighted by Crippen LogP contribution is -2.24. The Balaban J connectivity index is 1.61. The predicted octanol–water partition coefficient (Wildman–Crippen LogP) is 3.30. The summed E-state index contributed by atoms with van der Waals surface area (Å²) in [5.74, 6) is -0.250. The minimum Gasteiger partial charge on any atom is -0.348 e. The van der Waals surface area contributed by atoms with Crippen LogP contribution >= 0.6 is 0 Å². The average molecular weight is 464 g/mol. The summed E-state index contributed by atoms with van der Waals surface area (Å²) in [7, 11) is -0.515. The van der Waals surface area contributed by atoms with Gasteiger partial charge in [0.25, 0.3) is 5.91 Å². The van der Waals surface area contributed by atoms with Crippen LogP contribution in [0.5, 0.6) is 0 Å². The third kappa shape index (κ3) is 4.50. The van der Waals surface area contributed by atoms with Gasteiger partial charge in [-0.25, -0.2) is 22.4 Å². The first-order valence-electron chi connectivity index (χ1n) is 10.5. The smallest absolute Gasteiger partial charge is 0.252 e. The molecule has 0 unspecified atom stereocenters. The van der Waals surface area contributed by atoms with Gasteiger partial charge in [-0.05, 0) is 30.7 Å². The van der Waals surface area contributed by atoms with Crippen LogP contribution in [-0.2, 0) is 23.1 Å². The molecular formula is C24H25N5O3S. The molecular weight excluding hydrogens is 438 g/mol. The molecule has 0 fully saturated rings. The van der Waals surface area contributed by atoms with Gasteiger partial charge in [-0.3, -0.25) is 4.79 Å². The topological polar surface area (TPSA) is 97.2 Å². The minimum atomic E-state index is -3.49. The van der Waals surface area contributed by atoms with E-state index in [-0.39, 0.29) is 17.3 Å². The number of nitrogens with zero attached hydrogens (tertiary/aromatic N) is 4. The summed E-state index contributed by atoms with van der Waals surface area (Å²) in [6.45, 7) is 2.87. The lowest BCUT2D eigenvalue weighted by atomic mass is 10.1. The van der Waals surface area contributed by atoms with Crippen molar-refractivity contribution in [1.29, 1.82) is 0 Å². The molecule has 0 saturated heterocycles. The van der Waals surface area contributed by atoms with Crippen LogP contribution in [-0.4, -0.2) is 47.5 Å². The molecule has 0 aliphatic heterocycles. The largest absolute Gasteiger partial charge is 0.348 e.